The molecular weight excluding hydrogens is 428 g/mol. The second-order valence-corrected chi connectivity index (χ2v) is 8.88. The van der Waals surface area contributed by atoms with Crippen LogP contribution in [0.2, 0.25) is 0 Å². The molecule has 2 aromatic carbocycles. The topological polar surface area (TPSA) is 67.8 Å². The predicted molar refractivity (Wildman–Crippen MR) is 130 cm³/mol. The Morgan fingerprint density at radius 3 is 2.44 bits per heavy atom. The van der Waals surface area contributed by atoms with Crippen LogP contribution < -0.4 is 14.4 Å². The normalized spacial score (nSPS) is 15.6. The van der Waals surface area contributed by atoms with Gasteiger partial charge in [-0.1, -0.05) is 35.9 Å². The third-order valence-corrected chi connectivity index (χ3v) is 6.34. The zero-order valence-electron chi connectivity index (χ0n) is 19.6. The Kier molecular flexibility index (Phi) is 6.60. The standard InChI is InChI=1S/C27H30N4O3/c1-20-10-12-22(13-11-20)34-26-23-18-31(25(32)19-33-21-8-4-2-5-9-21)17-14-24(23)28-27(29-26)30-15-6-3-7-16-30/h2,4-5,8-13H,3,6-7,14-19H2,1H3. The summed E-state index contributed by atoms with van der Waals surface area (Å²) in [6, 6.07) is 17.3. The van der Waals surface area contributed by atoms with Gasteiger partial charge in [0, 0.05) is 26.1 Å². The van der Waals surface area contributed by atoms with Gasteiger partial charge >= 0.3 is 0 Å². The maximum absolute atomic E-state index is 12.9. The maximum Gasteiger partial charge on any atom is 0.260 e. The number of rotatable bonds is 6. The lowest BCUT2D eigenvalue weighted by molar-refractivity contribution is -0.134. The van der Waals surface area contributed by atoms with E-state index >= 15 is 0 Å². The van der Waals surface area contributed by atoms with E-state index in [9.17, 15) is 4.79 Å². The Balaban J connectivity index is 1.38. The molecule has 1 saturated heterocycles. The molecule has 2 aliphatic rings. The van der Waals surface area contributed by atoms with Crippen LogP contribution in [0.1, 0.15) is 36.1 Å². The molecule has 0 radical (unpaired) electrons. The van der Waals surface area contributed by atoms with Gasteiger partial charge in [0.2, 0.25) is 11.8 Å². The molecule has 176 valence electrons. The minimum absolute atomic E-state index is 0.000216. The Morgan fingerprint density at radius 2 is 1.68 bits per heavy atom. The SMILES string of the molecule is Cc1ccc(Oc2nc(N3CCCCC3)nc3c2CN(C(=O)COc2ccccc2)CC3)cc1. The molecule has 1 amide bonds. The quantitative estimate of drug-likeness (QED) is 0.541. The molecule has 3 aromatic rings. The van der Waals surface area contributed by atoms with Crippen molar-refractivity contribution in [1.82, 2.24) is 14.9 Å². The predicted octanol–water partition coefficient (Wildman–Crippen LogP) is 4.53. The first kappa shape index (κ1) is 22.2. The van der Waals surface area contributed by atoms with Crippen LogP contribution in [0.4, 0.5) is 5.95 Å². The number of anilines is 1. The first-order chi connectivity index (χ1) is 16.7. The molecule has 0 saturated carbocycles. The molecule has 0 bridgehead atoms. The highest BCUT2D eigenvalue weighted by atomic mass is 16.5. The summed E-state index contributed by atoms with van der Waals surface area (Å²) in [5, 5.41) is 0. The third-order valence-electron chi connectivity index (χ3n) is 6.34. The fourth-order valence-electron chi connectivity index (χ4n) is 4.38. The van der Waals surface area contributed by atoms with Gasteiger partial charge in [-0.3, -0.25) is 4.79 Å². The van der Waals surface area contributed by atoms with Crippen LogP contribution in [-0.2, 0) is 17.8 Å². The molecule has 0 atom stereocenters. The van der Waals surface area contributed by atoms with Crippen molar-refractivity contribution < 1.29 is 14.3 Å². The van der Waals surface area contributed by atoms with Gasteiger partial charge in [-0.05, 0) is 50.5 Å². The molecule has 3 heterocycles. The van der Waals surface area contributed by atoms with Crippen molar-refractivity contribution in [3.63, 3.8) is 0 Å². The molecule has 1 aromatic heterocycles. The molecule has 34 heavy (non-hydrogen) atoms. The number of aryl methyl sites for hydroxylation is 1. The van der Waals surface area contributed by atoms with Crippen LogP contribution in [-0.4, -0.2) is 47.0 Å². The molecule has 0 aliphatic carbocycles. The lowest BCUT2D eigenvalue weighted by atomic mass is 10.1. The number of hydrogen-bond donors (Lipinski definition) is 0. The van der Waals surface area contributed by atoms with Crippen LogP contribution in [0.3, 0.4) is 0 Å². The van der Waals surface area contributed by atoms with Gasteiger partial charge in [0.15, 0.2) is 6.61 Å². The van der Waals surface area contributed by atoms with Crippen molar-refractivity contribution >= 4 is 11.9 Å². The van der Waals surface area contributed by atoms with E-state index in [0.29, 0.717) is 31.1 Å². The summed E-state index contributed by atoms with van der Waals surface area (Å²) in [5.41, 5.74) is 3.01. The average molecular weight is 459 g/mol. The smallest absolute Gasteiger partial charge is 0.260 e. The molecule has 1 fully saturated rings. The van der Waals surface area contributed by atoms with Crippen LogP contribution in [0.25, 0.3) is 0 Å². The molecular formula is C27H30N4O3. The second-order valence-electron chi connectivity index (χ2n) is 8.88. The number of carbonyl (C=O) groups is 1. The lowest BCUT2D eigenvalue weighted by Gasteiger charge is -2.32. The molecule has 0 spiro atoms. The second kappa shape index (κ2) is 10.1. The zero-order chi connectivity index (χ0) is 23.3. The number of aromatic nitrogens is 2. The number of ether oxygens (including phenoxy) is 2. The fraction of sp³-hybridized carbons (Fsp3) is 0.370. The Labute approximate surface area is 200 Å². The van der Waals surface area contributed by atoms with Crippen LogP contribution in [0, 0.1) is 6.92 Å². The van der Waals surface area contributed by atoms with Gasteiger partial charge in [0.25, 0.3) is 5.91 Å². The van der Waals surface area contributed by atoms with Crippen molar-refractivity contribution in [2.45, 2.75) is 39.2 Å². The minimum Gasteiger partial charge on any atom is -0.484 e. The van der Waals surface area contributed by atoms with Crippen molar-refractivity contribution in [2.75, 3.05) is 31.1 Å². The van der Waals surface area contributed by atoms with Gasteiger partial charge in [0.1, 0.15) is 11.5 Å². The maximum atomic E-state index is 12.9. The van der Waals surface area contributed by atoms with Crippen LogP contribution in [0.5, 0.6) is 17.4 Å². The van der Waals surface area contributed by atoms with Gasteiger partial charge in [0.05, 0.1) is 17.8 Å². The molecule has 7 nitrogen and oxygen atoms in total. The van der Waals surface area contributed by atoms with E-state index in [2.05, 4.69) is 4.90 Å². The first-order valence-corrected chi connectivity index (χ1v) is 12.0. The summed E-state index contributed by atoms with van der Waals surface area (Å²) >= 11 is 0. The van der Waals surface area contributed by atoms with Gasteiger partial charge in [-0.15, -0.1) is 0 Å². The molecule has 5 rings (SSSR count). The number of piperidine rings is 1. The van der Waals surface area contributed by atoms with Gasteiger partial charge < -0.3 is 19.3 Å². The summed E-state index contributed by atoms with van der Waals surface area (Å²) in [6.07, 6.45) is 4.22. The minimum atomic E-state index is -0.0594. The van der Waals surface area contributed by atoms with E-state index in [0.717, 1.165) is 48.9 Å². The highest BCUT2D eigenvalue weighted by Crippen LogP contribution is 2.32. The fourth-order valence-corrected chi connectivity index (χ4v) is 4.38. The van der Waals surface area contributed by atoms with Crippen molar-refractivity contribution in [3.8, 4) is 17.4 Å². The number of hydrogen-bond acceptors (Lipinski definition) is 6. The van der Waals surface area contributed by atoms with Gasteiger partial charge in [-0.2, -0.15) is 4.98 Å². The number of para-hydroxylation sites is 1. The highest BCUT2D eigenvalue weighted by molar-refractivity contribution is 5.78. The molecule has 0 N–H and O–H groups in total. The number of amides is 1. The third kappa shape index (κ3) is 5.14. The summed E-state index contributed by atoms with van der Waals surface area (Å²) in [7, 11) is 0. The van der Waals surface area contributed by atoms with Crippen molar-refractivity contribution in [3.05, 3.63) is 71.4 Å². The van der Waals surface area contributed by atoms with E-state index in [-0.39, 0.29) is 12.5 Å². The number of carbonyl (C=O) groups excluding carboxylic acids is 1. The Morgan fingerprint density at radius 1 is 0.912 bits per heavy atom. The Bertz CT molecular complexity index is 1130. The van der Waals surface area contributed by atoms with Crippen molar-refractivity contribution in [2.24, 2.45) is 0 Å². The van der Waals surface area contributed by atoms with E-state index < -0.39 is 0 Å². The van der Waals surface area contributed by atoms with E-state index in [4.69, 9.17) is 19.4 Å². The lowest BCUT2D eigenvalue weighted by Crippen LogP contribution is -2.40. The van der Waals surface area contributed by atoms with E-state index in [1.54, 1.807) is 4.90 Å². The van der Waals surface area contributed by atoms with E-state index in [1.807, 2.05) is 61.5 Å². The first-order valence-electron chi connectivity index (χ1n) is 12.0. The summed E-state index contributed by atoms with van der Waals surface area (Å²) in [4.78, 5) is 26.7. The summed E-state index contributed by atoms with van der Waals surface area (Å²) in [5.74, 6) is 2.62. The Hall–Kier alpha value is -3.61. The zero-order valence-corrected chi connectivity index (χ0v) is 19.6. The highest BCUT2D eigenvalue weighted by Gasteiger charge is 2.28. The number of fused-ring (bicyclic) bond motifs is 1. The van der Waals surface area contributed by atoms with Crippen LogP contribution >= 0.6 is 0 Å². The van der Waals surface area contributed by atoms with Crippen LogP contribution in [0.15, 0.2) is 54.6 Å². The van der Waals surface area contributed by atoms with Crippen molar-refractivity contribution in [1.29, 1.82) is 0 Å². The molecule has 2 aliphatic heterocycles. The summed E-state index contributed by atoms with van der Waals surface area (Å²) in [6.45, 7) is 4.98. The van der Waals surface area contributed by atoms with E-state index in [1.165, 1.54) is 12.0 Å². The number of benzene rings is 2. The largest absolute Gasteiger partial charge is 0.484 e. The summed E-state index contributed by atoms with van der Waals surface area (Å²) < 4.78 is 12.0. The van der Waals surface area contributed by atoms with Gasteiger partial charge in [-0.25, -0.2) is 4.98 Å². The monoisotopic (exact) mass is 458 g/mol. The number of nitrogens with zero attached hydrogens (tertiary/aromatic N) is 4. The molecule has 0 unspecified atom stereocenters. The molecule has 7 heteroatoms. The average Bonchev–Trinajstić information content (AvgIpc) is 2.89.